The molecule has 0 bridgehead atoms. The Morgan fingerprint density at radius 3 is 2.61 bits per heavy atom. The van der Waals surface area contributed by atoms with E-state index in [0.29, 0.717) is 6.61 Å². The Kier molecular flexibility index (Phi) is 6.13. The largest absolute Gasteiger partial charge is 0.468 e. The predicted octanol–water partition coefficient (Wildman–Crippen LogP) is 4.71. The van der Waals surface area contributed by atoms with Crippen molar-refractivity contribution in [3.05, 3.63) is 48.0 Å². The molecule has 1 heterocycles. The summed E-state index contributed by atoms with van der Waals surface area (Å²) in [6, 6.07) is 10.1. The lowest BCUT2D eigenvalue weighted by Gasteiger charge is -2.40. The first-order chi connectivity index (χ1) is 13.1. The lowest BCUT2D eigenvalue weighted by atomic mass is 10.0. The van der Waals surface area contributed by atoms with Crippen molar-refractivity contribution in [3.8, 4) is 0 Å². The Hall–Kier alpha value is -1.50. The van der Waals surface area contributed by atoms with Gasteiger partial charge in [0.15, 0.2) is 8.32 Å². The second-order valence-corrected chi connectivity index (χ2v) is 14.3. The standard InChI is InChI=1S/C22H31NO3SSi/c1-22(2,3)28(4,5)26-19-13-9-12-18(19)20(24)23-17(15-25-21(23)27)14-16-10-7-6-8-11-16/h6-12,17-19H,13-15H2,1-5H3/t17-,18-,19+/m1/s1. The van der Waals surface area contributed by atoms with Crippen LogP contribution in [0.1, 0.15) is 32.8 Å². The van der Waals surface area contributed by atoms with Gasteiger partial charge in [-0.1, -0.05) is 63.3 Å². The zero-order valence-electron chi connectivity index (χ0n) is 17.5. The molecule has 4 nitrogen and oxygen atoms in total. The smallest absolute Gasteiger partial charge is 0.266 e. The first kappa shape index (κ1) is 21.2. The molecule has 1 aliphatic heterocycles. The second-order valence-electron chi connectivity index (χ2n) is 9.23. The van der Waals surface area contributed by atoms with E-state index in [1.807, 2.05) is 24.3 Å². The van der Waals surface area contributed by atoms with Crippen molar-refractivity contribution in [2.24, 2.45) is 5.92 Å². The van der Waals surface area contributed by atoms with Gasteiger partial charge in [-0.2, -0.15) is 0 Å². The highest BCUT2D eigenvalue weighted by Gasteiger charge is 2.45. The number of amides is 1. The summed E-state index contributed by atoms with van der Waals surface area (Å²) in [5, 5.41) is 0.391. The van der Waals surface area contributed by atoms with Gasteiger partial charge in [0, 0.05) is 0 Å². The highest BCUT2D eigenvalue weighted by atomic mass is 32.1. The molecule has 0 spiro atoms. The summed E-state index contributed by atoms with van der Waals surface area (Å²) in [5.41, 5.74) is 1.18. The fourth-order valence-electron chi connectivity index (χ4n) is 3.48. The molecular formula is C22H31NO3SSi. The van der Waals surface area contributed by atoms with Gasteiger partial charge in [-0.25, -0.2) is 0 Å². The van der Waals surface area contributed by atoms with Crippen LogP contribution in [0.2, 0.25) is 18.1 Å². The third kappa shape index (κ3) is 4.39. The maximum absolute atomic E-state index is 13.4. The van der Waals surface area contributed by atoms with Gasteiger partial charge in [0.1, 0.15) is 6.61 Å². The molecule has 0 unspecified atom stereocenters. The summed E-state index contributed by atoms with van der Waals surface area (Å²) >= 11 is 5.38. The number of carbonyl (C=O) groups is 1. The van der Waals surface area contributed by atoms with Crippen molar-refractivity contribution < 1.29 is 14.0 Å². The van der Waals surface area contributed by atoms with E-state index in [1.54, 1.807) is 4.90 Å². The van der Waals surface area contributed by atoms with Crippen LogP contribution in [0.15, 0.2) is 42.5 Å². The van der Waals surface area contributed by atoms with E-state index in [2.05, 4.69) is 52.1 Å². The first-order valence-electron chi connectivity index (χ1n) is 9.98. The minimum atomic E-state index is -1.97. The summed E-state index contributed by atoms with van der Waals surface area (Å²) in [6.45, 7) is 11.6. The summed E-state index contributed by atoms with van der Waals surface area (Å²) in [7, 11) is -1.97. The van der Waals surface area contributed by atoms with Crippen molar-refractivity contribution in [2.45, 2.75) is 63.9 Å². The highest BCUT2D eigenvalue weighted by Crippen LogP contribution is 2.40. The first-order valence-corrected chi connectivity index (χ1v) is 13.3. The van der Waals surface area contributed by atoms with E-state index >= 15 is 0 Å². The molecule has 1 amide bonds. The molecule has 3 rings (SSSR count). The molecule has 0 radical (unpaired) electrons. The third-order valence-corrected chi connectivity index (χ3v) is 11.0. The van der Waals surface area contributed by atoms with Crippen LogP contribution >= 0.6 is 12.2 Å². The minimum Gasteiger partial charge on any atom is -0.468 e. The van der Waals surface area contributed by atoms with Crippen LogP contribution < -0.4 is 0 Å². The molecule has 1 saturated heterocycles. The SMILES string of the molecule is CC(C)(C)[Si](C)(C)O[C@H]1CC=C[C@H]1C(=O)N1C(=S)OC[C@H]1Cc1ccccc1. The quantitative estimate of drug-likeness (QED) is 0.395. The normalized spacial score (nSPS) is 25.2. The number of thiocarbonyl (C=S) groups is 1. The van der Waals surface area contributed by atoms with Crippen LogP contribution in [0.4, 0.5) is 0 Å². The number of nitrogens with zero attached hydrogens (tertiary/aromatic N) is 1. The summed E-state index contributed by atoms with van der Waals surface area (Å²) in [6.07, 6.45) is 5.44. The average Bonchev–Trinajstić information content (AvgIpc) is 3.21. The zero-order chi connectivity index (χ0) is 20.5. The van der Waals surface area contributed by atoms with Crippen molar-refractivity contribution in [3.63, 3.8) is 0 Å². The molecule has 3 atom stereocenters. The summed E-state index contributed by atoms with van der Waals surface area (Å²) in [5.74, 6) is -0.298. The molecule has 6 heteroatoms. The Labute approximate surface area is 175 Å². The van der Waals surface area contributed by atoms with Crippen LogP contribution in [-0.4, -0.2) is 43.1 Å². The number of hydrogen-bond donors (Lipinski definition) is 0. The van der Waals surface area contributed by atoms with E-state index < -0.39 is 8.32 Å². The molecule has 1 aliphatic carbocycles. The number of hydrogen-bond acceptors (Lipinski definition) is 4. The van der Waals surface area contributed by atoms with Gasteiger partial charge in [-0.05, 0) is 48.8 Å². The molecular weight excluding hydrogens is 386 g/mol. The van der Waals surface area contributed by atoms with Crippen LogP contribution in [0.5, 0.6) is 0 Å². The zero-order valence-corrected chi connectivity index (χ0v) is 19.3. The van der Waals surface area contributed by atoms with Gasteiger partial charge in [-0.15, -0.1) is 0 Å². The second kappa shape index (κ2) is 8.09. The van der Waals surface area contributed by atoms with Gasteiger partial charge in [0.05, 0.1) is 18.1 Å². The highest BCUT2D eigenvalue weighted by molar-refractivity contribution is 7.80. The molecule has 0 N–H and O–H groups in total. The molecule has 2 aliphatic rings. The summed E-state index contributed by atoms with van der Waals surface area (Å²) < 4.78 is 12.2. The van der Waals surface area contributed by atoms with Gasteiger partial charge in [0.25, 0.3) is 5.17 Å². The Morgan fingerprint density at radius 1 is 1.29 bits per heavy atom. The topological polar surface area (TPSA) is 38.8 Å². The number of rotatable bonds is 5. The maximum atomic E-state index is 13.4. The average molecular weight is 418 g/mol. The molecule has 1 fully saturated rings. The van der Waals surface area contributed by atoms with E-state index in [1.165, 1.54) is 5.56 Å². The Bertz CT molecular complexity index is 757. The summed E-state index contributed by atoms with van der Waals surface area (Å²) in [4.78, 5) is 15.1. The molecule has 1 aromatic carbocycles. The van der Waals surface area contributed by atoms with Gasteiger partial charge in [0.2, 0.25) is 5.91 Å². The number of ether oxygens (including phenoxy) is 1. The van der Waals surface area contributed by atoms with Crippen LogP contribution in [-0.2, 0) is 20.4 Å². The predicted molar refractivity (Wildman–Crippen MR) is 119 cm³/mol. The fraction of sp³-hybridized carbons (Fsp3) is 0.545. The molecule has 0 aromatic heterocycles. The lowest BCUT2D eigenvalue weighted by Crippen LogP contribution is -2.49. The van der Waals surface area contributed by atoms with Crippen molar-refractivity contribution in [1.82, 2.24) is 4.90 Å². The van der Waals surface area contributed by atoms with Crippen LogP contribution in [0, 0.1) is 5.92 Å². The van der Waals surface area contributed by atoms with Crippen molar-refractivity contribution in [1.29, 1.82) is 0 Å². The van der Waals surface area contributed by atoms with E-state index in [0.717, 1.165) is 12.8 Å². The third-order valence-electron chi connectivity index (χ3n) is 6.16. The van der Waals surface area contributed by atoms with Gasteiger partial charge in [-0.3, -0.25) is 9.69 Å². The van der Waals surface area contributed by atoms with Crippen LogP contribution in [0.25, 0.3) is 0 Å². The van der Waals surface area contributed by atoms with Crippen molar-refractivity contribution >= 4 is 31.6 Å². The maximum Gasteiger partial charge on any atom is 0.266 e. The van der Waals surface area contributed by atoms with Gasteiger partial charge >= 0.3 is 0 Å². The molecule has 28 heavy (non-hydrogen) atoms. The number of benzene rings is 1. The Balaban J connectivity index is 1.75. The van der Waals surface area contributed by atoms with E-state index in [9.17, 15) is 4.79 Å². The molecule has 1 aromatic rings. The fourth-order valence-corrected chi connectivity index (χ4v) is 5.14. The van der Waals surface area contributed by atoms with Gasteiger partial charge < -0.3 is 9.16 Å². The van der Waals surface area contributed by atoms with E-state index in [4.69, 9.17) is 21.4 Å². The van der Waals surface area contributed by atoms with E-state index in [-0.39, 0.29) is 34.2 Å². The lowest BCUT2D eigenvalue weighted by molar-refractivity contribution is -0.133. The van der Waals surface area contributed by atoms with Crippen molar-refractivity contribution in [2.75, 3.05) is 6.61 Å². The van der Waals surface area contributed by atoms with Crippen LogP contribution in [0.3, 0.4) is 0 Å². The molecule has 152 valence electrons. The monoisotopic (exact) mass is 417 g/mol. The Morgan fingerprint density at radius 2 is 1.96 bits per heavy atom. The molecule has 0 saturated carbocycles. The minimum absolute atomic E-state index is 0.000824. The number of carbonyl (C=O) groups excluding carboxylic acids is 1.